The third kappa shape index (κ3) is 6.51. The van der Waals surface area contributed by atoms with E-state index in [2.05, 4.69) is 26.1 Å². The second kappa shape index (κ2) is 11.7. The summed E-state index contributed by atoms with van der Waals surface area (Å²) >= 11 is 12.0. The van der Waals surface area contributed by atoms with Gasteiger partial charge in [0.15, 0.2) is 6.61 Å². The molecule has 3 atom stereocenters. The largest absolute Gasteiger partial charge is 0.458 e. The number of carbonyl (C=O) groups is 3. The molecule has 0 aromatic heterocycles. The van der Waals surface area contributed by atoms with Crippen LogP contribution < -0.4 is 5.32 Å². The fraction of sp³-hybridized carbons (Fsp3) is 0.423. The molecule has 2 aromatic rings. The summed E-state index contributed by atoms with van der Waals surface area (Å²) in [7, 11) is 0. The van der Waals surface area contributed by atoms with Crippen LogP contribution in [0.4, 0.5) is 5.69 Å². The van der Waals surface area contributed by atoms with Crippen LogP contribution in [0, 0.1) is 17.8 Å². The average molecular weight is 506 g/mol. The van der Waals surface area contributed by atoms with Crippen molar-refractivity contribution in [2.24, 2.45) is 17.8 Å². The number of benzene rings is 2. The molecular weight excluding hydrogens is 477 g/mol. The van der Waals surface area contributed by atoms with Gasteiger partial charge in [-0.05, 0) is 54.9 Å². The monoisotopic (exact) mass is 505 g/mol. The molecule has 182 valence electrons. The van der Waals surface area contributed by atoms with Crippen LogP contribution >= 0.6 is 23.2 Å². The maximum absolute atomic E-state index is 13.0. The van der Waals surface area contributed by atoms with E-state index in [-0.39, 0.29) is 33.2 Å². The molecule has 1 N–H and O–H groups in total. The van der Waals surface area contributed by atoms with Gasteiger partial charge in [-0.1, -0.05) is 68.6 Å². The molecule has 1 saturated carbocycles. The van der Waals surface area contributed by atoms with E-state index in [0.29, 0.717) is 17.5 Å². The molecule has 1 fully saturated rings. The highest BCUT2D eigenvalue weighted by Crippen LogP contribution is 2.36. The molecule has 0 saturated heterocycles. The van der Waals surface area contributed by atoms with Crippen LogP contribution in [0.15, 0.2) is 42.5 Å². The number of amides is 1. The Bertz CT molecular complexity index is 1060. The molecule has 0 spiro atoms. The molecule has 8 heteroatoms. The highest BCUT2D eigenvalue weighted by atomic mass is 35.5. The van der Waals surface area contributed by atoms with Gasteiger partial charge in [-0.25, -0.2) is 9.59 Å². The lowest BCUT2D eigenvalue weighted by atomic mass is 9.75. The van der Waals surface area contributed by atoms with E-state index in [9.17, 15) is 14.4 Å². The van der Waals surface area contributed by atoms with E-state index < -0.39 is 24.5 Å². The molecule has 0 bridgehead atoms. The third-order valence-corrected chi connectivity index (χ3v) is 6.97. The molecule has 0 aliphatic heterocycles. The molecule has 6 nitrogen and oxygen atoms in total. The highest BCUT2D eigenvalue weighted by molar-refractivity contribution is 6.44. The van der Waals surface area contributed by atoms with Crippen LogP contribution in [0.25, 0.3) is 0 Å². The third-order valence-electron chi connectivity index (χ3n) is 6.15. The topological polar surface area (TPSA) is 81.7 Å². The lowest BCUT2D eigenvalue weighted by molar-refractivity contribution is -0.119. The minimum Gasteiger partial charge on any atom is -0.458 e. The van der Waals surface area contributed by atoms with Gasteiger partial charge in [0.25, 0.3) is 5.91 Å². The van der Waals surface area contributed by atoms with Crippen molar-refractivity contribution in [2.45, 2.75) is 46.1 Å². The van der Waals surface area contributed by atoms with Crippen LogP contribution in [-0.2, 0) is 14.3 Å². The van der Waals surface area contributed by atoms with Gasteiger partial charge in [-0.3, -0.25) is 4.79 Å². The number of ether oxygens (including phenoxy) is 2. The number of rotatable bonds is 7. The van der Waals surface area contributed by atoms with Crippen LogP contribution in [0.5, 0.6) is 0 Å². The molecule has 3 rings (SSSR count). The van der Waals surface area contributed by atoms with Crippen LogP contribution in [0.2, 0.25) is 10.0 Å². The Kier molecular flexibility index (Phi) is 8.97. The van der Waals surface area contributed by atoms with E-state index in [1.54, 1.807) is 30.3 Å². The van der Waals surface area contributed by atoms with E-state index in [1.807, 2.05) is 0 Å². The number of carbonyl (C=O) groups excluding carboxylic acids is 3. The Morgan fingerprint density at radius 2 is 1.68 bits per heavy atom. The number of esters is 2. The van der Waals surface area contributed by atoms with E-state index in [0.717, 1.165) is 19.3 Å². The van der Waals surface area contributed by atoms with Crippen molar-refractivity contribution in [3.8, 4) is 0 Å². The van der Waals surface area contributed by atoms with Crippen molar-refractivity contribution in [1.82, 2.24) is 0 Å². The van der Waals surface area contributed by atoms with Gasteiger partial charge in [-0.2, -0.15) is 0 Å². The molecule has 34 heavy (non-hydrogen) atoms. The predicted octanol–water partition coefficient (Wildman–Crippen LogP) is 6.41. The Balaban J connectivity index is 1.65. The van der Waals surface area contributed by atoms with Crippen molar-refractivity contribution >= 4 is 46.7 Å². The van der Waals surface area contributed by atoms with Crippen molar-refractivity contribution in [1.29, 1.82) is 0 Å². The molecule has 0 radical (unpaired) electrons. The van der Waals surface area contributed by atoms with Gasteiger partial charge in [-0.15, -0.1) is 0 Å². The zero-order valence-electron chi connectivity index (χ0n) is 19.5. The van der Waals surface area contributed by atoms with Crippen LogP contribution in [0.3, 0.4) is 0 Å². The number of hydrogen-bond donors (Lipinski definition) is 1. The maximum Gasteiger partial charge on any atom is 0.339 e. The first-order chi connectivity index (χ1) is 16.2. The first kappa shape index (κ1) is 26.0. The number of hydrogen-bond acceptors (Lipinski definition) is 5. The zero-order chi connectivity index (χ0) is 24.8. The fourth-order valence-electron chi connectivity index (χ4n) is 4.29. The van der Waals surface area contributed by atoms with Gasteiger partial charge in [0.05, 0.1) is 26.9 Å². The molecule has 2 aromatic carbocycles. The summed E-state index contributed by atoms with van der Waals surface area (Å²) in [5, 5.41) is 3.02. The van der Waals surface area contributed by atoms with Crippen molar-refractivity contribution in [3.63, 3.8) is 0 Å². The van der Waals surface area contributed by atoms with Crippen LogP contribution in [-0.4, -0.2) is 30.6 Å². The first-order valence-corrected chi connectivity index (χ1v) is 12.1. The van der Waals surface area contributed by atoms with Crippen molar-refractivity contribution in [3.05, 3.63) is 63.6 Å². The second-order valence-corrected chi connectivity index (χ2v) is 9.83. The smallest absolute Gasteiger partial charge is 0.339 e. The molecule has 1 aliphatic carbocycles. The van der Waals surface area contributed by atoms with Gasteiger partial charge >= 0.3 is 11.9 Å². The average Bonchev–Trinajstić information content (AvgIpc) is 2.80. The second-order valence-electron chi connectivity index (χ2n) is 9.04. The predicted molar refractivity (Wildman–Crippen MR) is 132 cm³/mol. The number of halogens is 2. The van der Waals surface area contributed by atoms with E-state index >= 15 is 0 Å². The lowest BCUT2D eigenvalue weighted by Gasteiger charge is -2.36. The molecule has 0 heterocycles. The quantitative estimate of drug-likeness (QED) is 0.439. The molecule has 1 aliphatic rings. The number of nitrogens with one attached hydrogen (secondary N) is 1. The maximum atomic E-state index is 13.0. The summed E-state index contributed by atoms with van der Waals surface area (Å²) < 4.78 is 11.0. The number of anilines is 1. The van der Waals surface area contributed by atoms with Gasteiger partial charge in [0.1, 0.15) is 6.10 Å². The summed E-state index contributed by atoms with van der Waals surface area (Å²) in [4.78, 5) is 38.0. The van der Waals surface area contributed by atoms with Gasteiger partial charge in [0.2, 0.25) is 0 Å². The first-order valence-electron chi connectivity index (χ1n) is 11.4. The lowest BCUT2D eigenvalue weighted by Crippen LogP contribution is -2.36. The summed E-state index contributed by atoms with van der Waals surface area (Å²) in [6, 6.07) is 11.1. The molecular formula is C26H29Cl2NO5. The molecule has 1 amide bonds. The highest BCUT2D eigenvalue weighted by Gasteiger charge is 2.34. The van der Waals surface area contributed by atoms with Crippen LogP contribution in [0.1, 0.15) is 60.7 Å². The normalized spacial score (nSPS) is 20.0. The van der Waals surface area contributed by atoms with E-state index in [1.165, 1.54) is 12.1 Å². The Hall–Kier alpha value is -2.57. The minimum absolute atomic E-state index is 0.0473. The Labute approximate surface area is 209 Å². The van der Waals surface area contributed by atoms with E-state index in [4.69, 9.17) is 32.7 Å². The Morgan fingerprint density at radius 3 is 2.35 bits per heavy atom. The SMILES string of the molecule is CC(C)[C@@H]1CC[C@@H](C)C[C@H]1OC(=O)c1ccccc1C(=O)OCC(=O)Nc1cccc(Cl)c1Cl. The summed E-state index contributed by atoms with van der Waals surface area (Å²) in [6.45, 7) is 5.87. The minimum atomic E-state index is -0.794. The standard InChI is InChI=1S/C26H29Cl2NO5/c1-15(2)17-12-11-16(3)13-22(17)34-26(32)19-8-5-4-7-18(19)25(31)33-14-23(30)29-21-10-6-9-20(27)24(21)28/h4-10,15-17,22H,11-14H2,1-3H3,(H,29,30)/t16-,17+,22-/m1/s1. The summed E-state index contributed by atoms with van der Waals surface area (Å²) in [5.74, 6) is -0.809. The van der Waals surface area contributed by atoms with Crippen molar-refractivity contribution in [2.75, 3.05) is 11.9 Å². The Morgan fingerprint density at radius 1 is 1.00 bits per heavy atom. The zero-order valence-corrected chi connectivity index (χ0v) is 21.0. The van der Waals surface area contributed by atoms with Gasteiger partial charge < -0.3 is 14.8 Å². The summed E-state index contributed by atoms with van der Waals surface area (Å²) in [6.07, 6.45) is 2.72. The van der Waals surface area contributed by atoms with Crippen molar-refractivity contribution < 1.29 is 23.9 Å². The fourth-order valence-corrected chi connectivity index (χ4v) is 4.63. The van der Waals surface area contributed by atoms with Gasteiger partial charge in [0, 0.05) is 0 Å². The summed E-state index contributed by atoms with van der Waals surface area (Å²) in [5.41, 5.74) is 0.471. The molecule has 0 unspecified atom stereocenters.